The first-order valence-electron chi connectivity index (χ1n) is 2.11. The van der Waals surface area contributed by atoms with Gasteiger partial charge in [-0.15, -0.1) is 0 Å². The number of phosphoric ester groups is 1. The van der Waals surface area contributed by atoms with E-state index in [9.17, 15) is 9.36 Å². The van der Waals surface area contributed by atoms with E-state index in [0.29, 0.717) is 0 Å². The van der Waals surface area contributed by atoms with Crippen LogP contribution in [-0.2, 0) is 13.9 Å². The van der Waals surface area contributed by atoms with E-state index >= 15 is 0 Å². The summed E-state index contributed by atoms with van der Waals surface area (Å²) in [5.41, 5.74) is 0. The van der Waals surface area contributed by atoms with E-state index in [4.69, 9.17) is 9.79 Å². The first kappa shape index (κ1) is 8.78. The van der Waals surface area contributed by atoms with Crippen LogP contribution in [0.1, 0.15) is 6.92 Å². The highest BCUT2D eigenvalue weighted by atomic mass is 31.2. The van der Waals surface area contributed by atoms with Crippen LogP contribution in [0.2, 0.25) is 0 Å². The largest absolute Gasteiger partial charge is 0.470 e. The van der Waals surface area contributed by atoms with E-state index in [1.54, 1.807) is 0 Å². The molecule has 0 aliphatic carbocycles. The third kappa shape index (κ3) is 7.78. The van der Waals surface area contributed by atoms with Crippen LogP contribution in [0.4, 0.5) is 0 Å². The fourth-order valence-corrected chi connectivity index (χ4v) is 0.525. The van der Waals surface area contributed by atoms with Crippen molar-refractivity contribution >= 4 is 13.6 Å². The van der Waals surface area contributed by atoms with Crippen molar-refractivity contribution in [2.75, 3.05) is 6.61 Å². The summed E-state index contributed by atoms with van der Waals surface area (Å²) in [6, 6.07) is 0. The topological polar surface area (TPSA) is 83.8 Å². The van der Waals surface area contributed by atoms with Crippen LogP contribution in [0.15, 0.2) is 0 Å². The third-order valence-corrected chi connectivity index (χ3v) is 0.901. The van der Waals surface area contributed by atoms with Crippen LogP contribution < -0.4 is 0 Å². The number of ketones is 1. The van der Waals surface area contributed by atoms with E-state index < -0.39 is 20.2 Å². The Labute approximate surface area is 51.9 Å². The van der Waals surface area contributed by atoms with Crippen LogP contribution >= 0.6 is 7.82 Å². The van der Waals surface area contributed by atoms with E-state index in [1.807, 2.05) is 0 Å². The van der Waals surface area contributed by atoms with E-state index in [0.717, 1.165) is 0 Å². The molecule has 9 heavy (non-hydrogen) atoms. The quantitative estimate of drug-likeness (QED) is 0.544. The number of rotatable bonds is 3. The van der Waals surface area contributed by atoms with Gasteiger partial charge in [-0.1, -0.05) is 0 Å². The van der Waals surface area contributed by atoms with Gasteiger partial charge in [-0.2, -0.15) is 0 Å². The Morgan fingerprint density at radius 3 is 2.22 bits per heavy atom. The average molecular weight is 154 g/mol. The van der Waals surface area contributed by atoms with Crippen LogP contribution in [0.25, 0.3) is 0 Å². The number of carbonyl (C=O) groups is 1. The fraction of sp³-hybridized carbons (Fsp3) is 0.667. The van der Waals surface area contributed by atoms with Crippen LogP contribution in [-0.4, -0.2) is 22.2 Å². The first-order valence-corrected chi connectivity index (χ1v) is 3.64. The molecule has 6 heteroatoms. The molecule has 0 aromatic heterocycles. The predicted molar refractivity (Wildman–Crippen MR) is 28.7 cm³/mol. The molecule has 0 spiro atoms. The fourth-order valence-electron chi connectivity index (χ4n) is 0.175. The smallest absolute Gasteiger partial charge is 0.303 e. The normalized spacial score (nSPS) is 11.4. The number of carbonyl (C=O) groups excluding carboxylic acids is 1. The minimum Gasteiger partial charge on any atom is -0.303 e. The second-order valence-electron chi connectivity index (χ2n) is 1.47. The van der Waals surface area contributed by atoms with Gasteiger partial charge in [0.25, 0.3) is 0 Å². The third-order valence-electron chi connectivity index (χ3n) is 0.436. The lowest BCUT2D eigenvalue weighted by Gasteiger charge is -2.00. The van der Waals surface area contributed by atoms with Crippen molar-refractivity contribution in [2.45, 2.75) is 6.92 Å². The number of hydrogen-bond donors (Lipinski definition) is 2. The lowest BCUT2D eigenvalue weighted by molar-refractivity contribution is -0.119. The molecule has 0 unspecified atom stereocenters. The molecular formula is C3H7O5P. The second kappa shape index (κ2) is 3.08. The molecule has 0 aliphatic heterocycles. The van der Waals surface area contributed by atoms with Gasteiger partial charge >= 0.3 is 7.82 Å². The van der Waals surface area contributed by atoms with E-state index in [1.165, 1.54) is 6.92 Å². The summed E-state index contributed by atoms with van der Waals surface area (Å²) in [5, 5.41) is 0. The maximum atomic E-state index is 10.0. The molecule has 0 aromatic rings. The minimum absolute atomic E-state index is 0.418. The molecule has 0 atom stereocenters. The van der Waals surface area contributed by atoms with Crippen molar-refractivity contribution in [3.8, 4) is 0 Å². The molecule has 0 radical (unpaired) electrons. The lowest BCUT2D eigenvalue weighted by atomic mass is 10.5. The van der Waals surface area contributed by atoms with Gasteiger partial charge in [0, 0.05) is 0 Å². The first-order chi connectivity index (χ1) is 3.92. The van der Waals surface area contributed by atoms with Crippen molar-refractivity contribution in [3.63, 3.8) is 0 Å². The minimum atomic E-state index is -4.44. The Hall–Kier alpha value is -0.220. The molecule has 0 aliphatic rings. The number of phosphoric acid groups is 1. The van der Waals surface area contributed by atoms with Crippen molar-refractivity contribution in [3.05, 3.63) is 0 Å². The molecular weight excluding hydrogens is 147 g/mol. The van der Waals surface area contributed by atoms with E-state index in [2.05, 4.69) is 4.52 Å². The van der Waals surface area contributed by atoms with Crippen LogP contribution in [0, 0.1) is 0 Å². The maximum absolute atomic E-state index is 10.0. The standard InChI is InChI=1S/C3H7O5P/c1-3(4)2-8-9(5,6)7/h2H2,1H3,(H2,5,6,7). The van der Waals surface area contributed by atoms with E-state index in [-0.39, 0.29) is 0 Å². The number of Topliss-reactive ketones (excluding diaryl/α,β-unsaturated/α-hetero) is 1. The lowest BCUT2D eigenvalue weighted by Crippen LogP contribution is -2.01. The van der Waals surface area contributed by atoms with Gasteiger partial charge in [-0.3, -0.25) is 9.32 Å². The SMILES string of the molecule is CC(=O)COP(=O)(O)O. The van der Waals surface area contributed by atoms with Crippen LogP contribution in [0.5, 0.6) is 0 Å². The van der Waals surface area contributed by atoms with Gasteiger partial charge in [-0.25, -0.2) is 4.57 Å². The van der Waals surface area contributed by atoms with Crippen molar-refractivity contribution in [1.29, 1.82) is 0 Å². The molecule has 5 nitrogen and oxygen atoms in total. The summed E-state index contributed by atoms with van der Waals surface area (Å²) in [6.07, 6.45) is 0. The van der Waals surface area contributed by atoms with Gasteiger partial charge < -0.3 is 9.79 Å². The monoisotopic (exact) mass is 154 g/mol. The molecule has 0 rings (SSSR count). The molecule has 2 N–H and O–H groups in total. The van der Waals surface area contributed by atoms with Gasteiger partial charge in [0.15, 0.2) is 5.78 Å². The molecule has 0 aromatic carbocycles. The molecule has 0 saturated heterocycles. The van der Waals surface area contributed by atoms with Gasteiger partial charge in [0.05, 0.1) is 0 Å². The summed E-state index contributed by atoms with van der Waals surface area (Å²) in [5.74, 6) is -0.418. The summed E-state index contributed by atoms with van der Waals surface area (Å²) in [4.78, 5) is 26.0. The highest BCUT2D eigenvalue weighted by molar-refractivity contribution is 7.46. The van der Waals surface area contributed by atoms with Gasteiger partial charge in [0.1, 0.15) is 6.61 Å². The Morgan fingerprint density at radius 1 is 1.67 bits per heavy atom. The molecule has 0 bridgehead atoms. The van der Waals surface area contributed by atoms with Crippen molar-refractivity contribution in [2.24, 2.45) is 0 Å². The number of hydrogen-bond acceptors (Lipinski definition) is 3. The maximum Gasteiger partial charge on any atom is 0.470 e. The summed E-state index contributed by atoms with van der Waals surface area (Å²) in [6.45, 7) is 0.639. The van der Waals surface area contributed by atoms with Crippen LogP contribution in [0.3, 0.4) is 0 Å². The highest BCUT2D eigenvalue weighted by Crippen LogP contribution is 2.35. The Morgan fingerprint density at radius 2 is 2.11 bits per heavy atom. The van der Waals surface area contributed by atoms with Crippen molar-refractivity contribution < 1.29 is 23.7 Å². The zero-order chi connectivity index (χ0) is 7.49. The molecule has 0 heterocycles. The van der Waals surface area contributed by atoms with Gasteiger partial charge in [-0.05, 0) is 6.92 Å². The van der Waals surface area contributed by atoms with Gasteiger partial charge in [0.2, 0.25) is 0 Å². The zero-order valence-electron chi connectivity index (χ0n) is 4.77. The molecule has 0 amide bonds. The zero-order valence-corrected chi connectivity index (χ0v) is 5.67. The summed E-state index contributed by atoms with van der Waals surface area (Å²) < 4.78 is 13.7. The predicted octanol–water partition coefficient (Wildman–Crippen LogP) is -0.315. The summed E-state index contributed by atoms with van der Waals surface area (Å²) >= 11 is 0. The molecule has 0 saturated carbocycles. The Balaban J connectivity index is 3.53. The van der Waals surface area contributed by atoms with Crippen molar-refractivity contribution in [1.82, 2.24) is 0 Å². The second-order valence-corrected chi connectivity index (χ2v) is 2.71. The Bertz CT molecular complexity index is 146. The molecule has 54 valence electrons. The summed E-state index contributed by atoms with van der Waals surface area (Å²) in [7, 11) is -4.44. The average Bonchev–Trinajstić information content (AvgIpc) is 1.59. The highest BCUT2D eigenvalue weighted by Gasteiger charge is 2.13. The Kier molecular flexibility index (Phi) is 3.00. The molecule has 0 fully saturated rings.